The first-order valence-electron chi connectivity index (χ1n) is 6.24. The van der Waals surface area contributed by atoms with E-state index in [9.17, 15) is 9.59 Å². The highest BCUT2D eigenvalue weighted by atomic mass is 16.4. The molecule has 6 nitrogen and oxygen atoms in total. The van der Waals surface area contributed by atoms with Gasteiger partial charge in [0.15, 0.2) is 0 Å². The largest absolute Gasteiger partial charge is 0.481 e. The number of rotatable bonds is 5. The number of aromatic nitrogens is 1. The molecule has 102 valence electrons. The Balaban J connectivity index is 1.91. The van der Waals surface area contributed by atoms with Crippen molar-refractivity contribution in [2.24, 2.45) is 11.8 Å². The summed E-state index contributed by atoms with van der Waals surface area (Å²) in [5, 5.41) is 14.6. The molecule has 1 unspecified atom stereocenters. The van der Waals surface area contributed by atoms with Crippen molar-refractivity contribution in [2.45, 2.75) is 13.3 Å². The molecule has 1 aromatic rings. The third-order valence-electron chi connectivity index (χ3n) is 3.36. The number of carboxylic acid groups (broad SMARTS) is 1. The molecule has 0 radical (unpaired) electrons. The normalized spacial score (nSPS) is 16.5. The van der Waals surface area contributed by atoms with Crippen molar-refractivity contribution < 1.29 is 14.7 Å². The first-order chi connectivity index (χ1) is 9.06. The first kappa shape index (κ1) is 13.5. The van der Waals surface area contributed by atoms with Crippen molar-refractivity contribution >= 4 is 17.6 Å². The number of anilines is 1. The van der Waals surface area contributed by atoms with Gasteiger partial charge in [-0.2, -0.15) is 0 Å². The Labute approximate surface area is 111 Å². The molecular weight excluding hydrogens is 246 g/mol. The lowest BCUT2D eigenvalue weighted by atomic mass is 9.88. The third-order valence-corrected chi connectivity index (χ3v) is 3.36. The van der Waals surface area contributed by atoms with Gasteiger partial charge in [0.05, 0.1) is 24.0 Å². The van der Waals surface area contributed by atoms with Gasteiger partial charge in [0.1, 0.15) is 0 Å². The zero-order valence-electron chi connectivity index (χ0n) is 10.7. The number of amides is 1. The Hall–Kier alpha value is -1.95. The van der Waals surface area contributed by atoms with Crippen LogP contribution in [0.1, 0.15) is 12.6 Å². The van der Waals surface area contributed by atoms with Gasteiger partial charge in [-0.05, 0) is 31.1 Å². The first-order valence-corrected chi connectivity index (χ1v) is 6.24. The van der Waals surface area contributed by atoms with Crippen LogP contribution < -0.4 is 10.6 Å². The Bertz CT molecular complexity index is 469. The van der Waals surface area contributed by atoms with E-state index in [0.29, 0.717) is 17.3 Å². The van der Waals surface area contributed by atoms with E-state index in [1.165, 1.54) is 6.20 Å². The second kappa shape index (κ2) is 5.79. The molecule has 1 fully saturated rings. The zero-order valence-corrected chi connectivity index (χ0v) is 10.7. The molecule has 0 aliphatic carbocycles. The number of carboxylic acids is 1. The molecule has 2 rings (SSSR count). The Morgan fingerprint density at radius 2 is 2.26 bits per heavy atom. The molecule has 19 heavy (non-hydrogen) atoms. The van der Waals surface area contributed by atoms with Crippen LogP contribution in [0.5, 0.6) is 0 Å². The quantitative estimate of drug-likeness (QED) is 0.719. The van der Waals surface area contributed by atoms with E-state index in [-0.39, 0.29) is 18.2 Å². The molecule has 0 saturated carbocycles. The van der Waals surface area contributed by atoms with E-state index in [0.717, 1.165) is 13.1 Å². The monoisotopic (exact) mass is 263 g/mol. The number of nitrogens with one attached hydrogen (secondary N) is 2. The highest BCUT2D eigenvalue weighted by Crippen LogP contribution is 2.18. The maximum absolute atomic E-state index is 11.9. The zero-order chi connectivity index (χ0) is 13.8. The van der Waals surface area contributed by atoms with Crippen molar-refractivity contribution in [3.05, 3.63) is 24.0 Å². The van der Waals surface area contributed by atoms with Gasteiger partial charge >= 0.3 is 5.97 Å². The summed E-state index contributed by atoms with van der Waals surface area (Å²) in [6, 6.07) is 3.29. The van der Waals surface area contributed by atoms with Crippen molar-refractivity contribution in [3.63, 3.8) is 0 Å². The number of pyridine rings is 1. The van der Waals surface area contributed by atoms with E-state index < -0.39 is 5.97 Å². The predicted octanol–water partition coefficient (Wildman–Crippen LogP) is 0.503. The van der Waals surface area contributed by atoms with Crippen molar-refractivity contribution in [1.29, 1.82) is 0 Å². The smallest absolute Gasteiger partial charge is 0.309 e. The molecule has 1 atom stereocenters. The fraction of sp³-hybridized carbons (Fsp3) is 0.462. The second-order valence-electron chi connectivity index (χ2n) is 4.80. The summed E-state index contributed by atoms with van der Waals surface area (Å²) < 4.78 is 0. The van der Waals surface area contributed by atoms with Gasteiger partial charge < -0.3 is 15.7 Å². The SMILES string of the molecule is CC(C(=O)Nc1ccc(CC(=O)O)nc1)C1CNC1. The number of aliphatic carboxylic acids is 1. The van der Waals surface area contributed by atoms with E-state index in [1.807, 2.05) is 6.92 Å². The van der Waals surface area contributed by atoms with E-state index >= 15 is 0 Å². The van der Waals surface area contributed by atoms with Crippen molar-refractivity contribution in [1.82, 2.24) is 10.3 Å². The van der Waals surface area contributed by atoms with Crippen LogP contribution in [-0.2, 0) is 16.0 Å². The van der Waals surface area contributed by atoms with Gasteiger partial charge in [0.25, 0.3) is 0 Å². The Morgan fingerprint density at radius 3 is 2.74 bits per heavy atom. The topological polar surface area (TPSA) is 91.3 Å². The van der Waals surface area contributed by atoms with Crippen molar-refractivity contribution in [2.75, 3.05) is 18.4 Å². The number of carbonyl (C=O) groups excluding carboxylic acids is 1. The molecule has 1 aromatic heterocycles. The minimum absolute atomic E-state index is 0.0284. The van der Waals surface area contributed by atoms with Gasteiger partial charge in [0, 0.05) is 5.92 Å². The molecule has 1 saturated heterocycles. The number of carbonyl (C=O) groups is 2. The fourth-order valence-electron chi connectivity index (χ4n) is 1.89. The van der Waals surface area contributed by atoms with Gasteiger partial charge in [0.2, 0.25) is 5.91 Å². The Kier molecular flexibility index (Phi) is 4.11. The second-order valence-corrected chi connectivity index (χ2v) is 4.80. The molecule has 6 heteroatoms. The molecule has 3 N–H and O–H groups in total. The van der Waals surface area contributed by atoms with E-state index in [4.69, 9.17) is 5.11 Å². The summed E-state index contributed by atoms with van der Waals surface area (Å²) >= 11 is 0. The molecule has 0 aromatic carbocycles. The fourth-order valence-corrected chi connectivity index (χ4v) is 1.89. The third kappa shape index (κ3) is 3.51. The van der Waals surface area contributed by atoms with Gasteiger partial charge in [-0.3, -0.25) is 14.6 Å². The highest BCUT2D eigenvalue weighted by Gasteiger charge is 2.28. The van der Waals surface area contributed by atoms with Crippen LogP contribution in [0.4, 0.5) is 5.69 Å². The Morgan fingerprint density at radius 1 is 1.53 bits per heavy atom. The average molecular weight is 263 g/mol. The van der Waals surface area contributed by atoms with Crippen LogP contribution in [0.3, 0.4) is 0 Å². The predicted molar refractivity (Wildman–Crippen MR) is 69.7 cm³/mol. The molecule has 1 aliphatic heterocycles. The summed E-state index contributed by atoms with van der Waals surface area (Å²) in [5.41, 5.74) is 1.07. The molecule has 1 aliphatic rings. The standard InChI is InChI=1S/C13H17N3O3/c1-8(9-5-14-6-9)13(19)16-11-3-2-10(15-7-11)4-12(17)18/h2-3,7-9,14H,4-6H2,1H3,(H,16,19)(H,17,18). The van der Waals surface area contributed by atoms with Gasteiger partial charge in [-0.15, -0.1) is 0 Å². The lowest BCUT2D eigenvalue weighted by Gasteiger charge is -2.31. The number of nitrogens with zero attached hydrogens (tertiary/aromatic N) is 1. The van der Waals surface area contributed by atoms with Crippen LogP contribution in [0.2, 0.25) is 0 Å². The van der Waals surface area contributed by atoms with E-state index in [2.05, 4.69) is 15.6 Å². The summed E-state index contributed by atoms with van der Waals surface area (Å²) in [7, 11) is 0. The number of hydrogen-bond donors (Lipinski definition) is 3. The average Bonchev–Trinajstić information content (AvgIpc) is 2.28. The minimum Gasteiger partial charge on any atom is -0.481 e. The van der Waals surface area contributed by atoms with Gasteiger partial charge in [-0.25, -0.2) is 0 Å². The number of hydrogen-bond acceptors (Lipinski definition) is 4. The summed E-state index contributed by atoms with van der Waals surface area (Å²) in [4.78, 5) is 26.5. The lowest BCUT2D eigenvalue weighted by Crippen LogP contribution is -2.48. The van der Waals surface area contributed by atoms with Crippen LogP contribution in [0.15, 0.2) is 18.3 Å². The van der Waals surface area contributed by atoms with E-state index in [1.54, 1.807) is 12.1 Å². The highest BCUT2D eigenvalue weighted by molar-refractivity contribution is 5.92. The maximum atomic E-state index is 11.9. The molecule has 0 bridgehead atoms. The summed E-state index contributed by atoms with van der Waals surface area (Å²) in [6.07, 6.45) is 1.38. The molecular formula is C13H17N3O3. The van der Waals surface area contributed by atoms with Gasteiger partial charge in [-0.1, -0.05) is 6.92 Å². The van der Waals surface area contributed by atoms with Crippen LogP contribution in [0.25, 0.3) is 0 Å². The lowest BCUT2D eigenvalue weighted by molar-refractivity contribution is -0.136. The van der Waals surface area contributed by atoms with Crippen LogP contribution in [-0.4, -0.2) is 35.1 Å². The summed E-state index contributed by atoms with van der Waals surface area (Å²) in [6.45, 7) is 3.67. The van der Waals surface area contributed by atoms with Crippen LogP contribution >= 0.6 is 0 Å². The molecule has 2 heterocycles. The van der Waals surface area contributed by atoms with Crippen LogP contribution in [0, 0.1) is 11.8 Å². The maximum Gasteiger partial charge on any atom is 0.309 e. The molecule has 1 amide bonds. The summed E-state index contributed by atoms with van der Waals surface area (Å²) in [5.74, 6) is -0.603. The molecule has 0 spiro atoms. The minimum atomic E-state index is -0.921. The van der Waals surface area contributed by atoms with Crippen molar-refractivity contribution in [3.8, 4) is 0 Å².